The van der Waals surface area contributed by atoms with Gasteiger partial charge in [0.2, 0.25) is 0 Å². The molecule has 74 valence electrons. The predicted molar refractivity (Wildman–Crippen MR) is 52.2 cm³/mol. The van der Waals surface area contributed by atoms with Crippen LogP contribution in [-0.4, -0.2) is 24.9 Å². The van der Waals surface area contributed by atoms with Gasteiger partial charge in [-0.2, -0.15) is 0 Å². The second-order valence-electron chi connectivity index (χ2n) is 2.71. The fraction of sp³-hybridized carbons (Fsp3) is 0.286. The lowest BCUT2D eigenvalue weighted by molar-refractivity contribution is 0.205. The number of thiazole rings is 1. The molecule has 1 N–H and O–H groups in total. The lowest BCUT2D eigenvalue weighted by Gasteiger charge is -2.04. The van der Waals surface area contributed by atoms with Gasteiger partial charge < -0.3 is 9.67 Å². The average Bonchev–Trinajstić information content (AvgIpc) is 2.73. The highest BCUT2D eigenvalue weighted by Crippen LogP contribution is 2.26. The van der Waals surface area contributed by atoms with Crippen LogP contribution in [0, 0.1) is 0 Å². The standard InChI is InChI=1S/C7H7ClN4OS/c1-12-3-10-11-6(12)5(13)7-9-2-4(8)14-7/h2-3,5,13H,1H3. The van der Waals surface area contributed by atoms with Crippen LogP contribution in [0.2, 0.25) is 4.34 Å². The van der Waals surface area contributed by atoms with E-state index in [9.17, 15) is 5.11 Å². The molecule has 1 atom stereocenters. The van der Waals surface area contributed by atoms with Gasteiger partial charge in [-0.1, -0.05) is 11.6 Å². The van der Waals surface area contributed by atoms with E-state index in [0.717, 1.165) is 0 Å². The van der Waals surface area contributed by atoms with Gasteiger partial charge in [-0.05, 0) is 0 Å². The SMILES string of the molecule is Cn1cnnc1C(O)c1ncc(Cl)s1. The van der Waals surface area contributed by atoms with Crippen molar-refractivity contribution in [3.8, 4) is 0 Å². The summed E-state index contributed by atoms with van der Waals surface area (Å²) in [5.41, 5.74) is 0. The summed E-state index contributed by atoms with van der Waals surface area (Å²) >= 11 is 6.93. The van der Waals surface area contributed by atoms with Crippen LogP contribution in [0.4, 0.5) is 0 Å². The van der Waals surface area contributed by atoms with E-state index in [1.165, 1.54) is 23.9 Å². The normalized spacial score (nSPS) is 13.1. The van der Waals surface area contributed by atoms with E-state index < -0.39 is 6.10 Å². The molecule has 0 bridgehead atoms. The number of hydrogen-bond acceptors (Lipinski definition) is 5. The molecule has 2 aromatic heterocycles. The van der Waals surface area contributed by atoms with Crippen molar-refractivity contribution in [2.24, 2.45) is 7.05 Å². The summed E-state index contributed by atoms with van der Waals surface area (Å²) in [4.78, 5) is 3.97. The van der Waals surface area contributed by atoms with Crippen molar-refractivity contribution in [2.45, 2.75) is 6.10 Å². The highest BCUT2D eigenvalue weighted by molar-refractivity contribution is 7.15. The molecule has 2 heterocycles. The van der Waals surface area contributed by atoms with Gasteiger partial charge in [0.05, 0.1) is 6.20 Å². The van der Waals surface area contributed by atoms with Gasteiger partial charge in [-0.3, -0.25) is 0 Å². The van der Waals surface area contributed by atoms with Crippen LogP contribution in [0.3, 0.4) is 0 Å². The van der Waals surface area contributed by atoms with Crippen LogP contribution in [0.15, 0.2) is 12.5 Å². The van der Waals surface area contributed by atoms with Gasteiger partial charge in [0.25, 0.3) is 0 Å². The summed E-state index contributed by atoms with van der Waals surface area (Å²) < 4.78 is 2.18. The molecule has 2 rings (SSSR count). The van der Waals surface area contributed by atoms with Crippen LogP contribution in [0.25, 0.3) is 0 Å². The van der Waals surface area contributed by atoms with Crippen molar-refractivity contribution in [2.75, 3.05) is 0 Å². The highest BCUT2D eigenvalue weighted by atomic mass is 35.5. The van der Waals surface area contributed by atoms with Crippen LogP contribution >= 0.6 is 22.9 Å². The molecular weight excluding hydrogens is 224 g/mol. The molecule has 0 spiro atoms. The first-order valence-electron chi connectivity index (χ1n) is 3.81. The molecular formula is C7H7ClN4OS. The van der Waals surface area contributed by atoms with Crippen LogP contribution in [-0.2, 0) is 7.05 Å². The number of rotatable bonds is 2. The number of aliphatic hydroxyl groups is 1. The van der Waals surface area contributed by atoms with Crippen LogP contribution in [0.1, 0.15) is 16.9 Å². The van der Waals surface area contributed by atoms with Crippen molar-refractivity contribution < 1.29 is 5.11 Å². The molecule has 2 aromatic rings. The molecule has 5 nitrogen and oxygen atoms in total. The van der Waals surface area contributed by atoms with Crippen LogP contribution in [0.5, 0.6) is 0 Å². The Kier molecular flexibility index (Phi) is 2.49. The van der Waals surface area contributed by atoms with E-state index in [1.807, 2.05) is 0 Å². The molecule has 0 saturated carbocycles. The van der Waals surface area contributed by atoms with E-state index in [-0.39, 0.29) is 0 Å². The van der Waals surface area contributed by atoms with Gasteiger partial charge in [0.1, 0.15) is 15.7 Å². The molecule has 0 aromatic carbocycles. The minimum absolute atomic E-state index is 0.455. The Hall–Kier alpha value is -0.980. The Bertz CT molecular complexity index is 440. The third-order valence-corrected chi connectivity index (χ3v) is 2.89. The van der Waals surface area contributed by atoms with Gasteiger partial charge in [-0.15, -0.1) is 21.5 Å². The Balaban J connectivity index is 2.33. The van der Waals surface area contributed by atoms with Gasteiger partial charge in [0.15, 0.2) is 11.9 Å². The lowest BCUT2D eigenvalue weighted by atomic mass is 10.3. The van der Waals surface area contributed by atoms with Gasteiger partial charge in [0, 0.05) is 7.05 Å². The number of hydrogen-bond donors (Lipinski definition) is 1. The van der Waals surface area contributed by atoms with Gasteiger partial charge in [-0.25, -0.2) is 4.98 Å². The second-order valence-corrected chi connectivity index (χ2v) is 4.40. The minimum Gasteiger partial charge on any atom is -0.378 e. The van der Waals surface area contributed by atoms with Crippen molar-refractivity contribution >= 4 is 22.9 Å². The Morgan fingerprint density at radius 1 is 1.64 bits per heavy atom. The third kappa shape index (κ3) is 1.63. The predicted octanol–water partition coefficient (Wildman–Crippen LogP) is 1.01. The number of nitrogens with zero attached hydrogens (tertiary/aromatic N) is 4. The summed E-state index contributed by atoms with van der Waals surface area (Å²) in [5.74, 6) is 0.455. The average molecular weight is 231 g/mol. The van der Waals surface area contributed by atoms with Crippen molar-refractivity contribution in [3.63, 3.8) is 0 Å². The summed E-state index contributed by atoms with van der Waals surface area (Å²) in [5, 5.41) is 17.8. The quantitative estimate of drug-likeness (QED) is 0.836. The smallest absolute Gasteiger partial charge is 0.168 e. The van der Waals surface area contributed by atoms with Crippen molar-refractivity contribution in [1.29, 1.82) is 0 Å². The molecule has 0 amide bonds. The largest absolute Gasteiger partial charge is 0.378 e. The van der Waals surface area contributed by atoms with E-state index in [1.54, 1.807) is 11.6 Å². The van der Waals surface area contributed by atoms with E-state index >= 15 is 0 Å². The Morgan fingerprint density at radius 3 is 2.93 bits per heavy atom. The van der Waals surface area contributed by atoms with Crippen molar-refractivity contribution in [3.05, 3.63) is 27.7 Å². The molecule has 14 heavy (non-hydrogen) atoms. The molecule has 0 fully saturated rings. The Labute approximate surface area is 89.0 Å². The molecule has 0 radical (unpaired) electrons. The maximum absolute atomic E-state index is 9.84. The number of aliphatic hydroxyl groups excluding tert-OH is 1. The number of aryl methyl sites for hydroxylation is 1. The molecule has 0 saturated heterocycles. The molecule has 1 unspecified atom stereocenters. The highest BCUT2D eigenvalue weighted by Gasteiger charge is 2.18. The lowest BCUT2D eigenvalue weighted by Crippen LogP contribution is -2.06. The molecule has 7 heteroatoms. The zero-order valence-electron chi connectivity index (χ0n) is 7.25. The summed E-state index contributed by atoms with van der Waals surface area (Å²) in [7, 11) is 1.76. The zero-order valence-corrected chi connectivity index (χ0v) is 8.83. The van der Waals surface area contributed by atoms with E-state index in [2.05, 4.69) is 15.2 Å². The fourth-order valence-electron chi connectivity index (χ4n) is 1.04. The summed E-state index contributed by atoms with van der Waals surface area (Å²) in [6.07, 6.45) is 2.16. The zero-order chi connectivity index (χ0) is 10.1. The van der Waals surface area contributed by atoms with E-state index in [4.69, 9.17) is 11.6 Å². The third-order valence-electron chi connectivity index (χ3n) is 1.72. The topological polar surface area (TPSA) is 63.8 Å². The first-order chi connectivity index (χ1) is 6.68. The minimum atomic E-state index is -0.861. The molecule has 0 aliphatic rings. The summed E-state index contributed by atoms with van der Waals surface area (Å²) in [6.45, 7) is 0. The molecule has 0 aliphatic carbocycles. The maximum atomic E-state index is 9.84. The summed E-state index contributed by atoms with van der Waals surface area (Å²) in [6, 6.07) is 0. The van der Waals surface area contributed by atoms with Crippen molar-refractivity contribution in [1.82, 2.24) is 19.7 Å². The maximum Gasteiger partial charge on any atom is 0.168 e. The second kappa shape index (κ2) is 3.64. The first-order valence-corrected chi connectivity index (χ1v) is 5.01. The monoisotopic (exact) mass is 230 g/mol. The first kappa shape index (κ1) is 9.57. The number of halogens is 1. The number of aromatic nitrogens is 4. The molecule has 0 aliphatic heterocycles. The van der Waals surface area contributed by atoms with E-state index in [0.29, 0.717) is 15.2 Å². The van der Waals surface area contributed by atoms with Gasteiger partial charge >= 0.3 is 0 Å². The fourth-order valence-corrected chi connectivity index (χ4v) is 1.96. The Morgan fingerprint density at radius 2 is 2.43 bits per heavy atom. The van der Waals surface area contributed by atoms with Crippen LogP contribution < -0.4 is 0 Å².